The molecule has 1 aromatic rings. The molecule has 0 bridgehead atoms. The van der Waals surface area contributed by atoms with Crippen LogP contribution in [0.25, 0.3) is 0 Å². The third-order valence-corrected chi connectivity index (χ3v) is 5.29. The highest BCUT2D eigenvalue weighted by molar-refractivity contribution is 8.00. The van der Waals surface area contributed by atoms with E-state index in [1.807, 2.05) is 25.7 Å². The second-order valence-electron chi connectivity index (χ2n) is 5.99. The van der Waals surface area contributed by atoms with E-state index >= 15 is 0 Å². The molecule has 21 heavy (non-hydrogen) atoms. The van der Waals surface area contributed by atoms with Gasteiger partial charge in [0.2, 0.25) is 5.91 Å². The summed E-state index contributed by atoms with van der Waals surface area (Å²) < 4.78 is 2.31. The fourth-order valence-electron chi connectivity index (χ4n) is 2.67. The summed E-state index contributed by atoms with van der Waals surface area (Å²) in [5.41, 5.74) is 0. The lowest BCUT2D eigenvalue weighted by molar-refractivity contribution is -0.129. The summed E-state index contributed by atoms with van der Waals surface area (Å²) in [6.45, 7) is 7.56. The molecule has 1 unspecified atom stereocenters. The van der Waals surface area contributed by atoms with E-state index in [2.05, 4.69) is 14.8 Å². The highest BCUT2D eigenvalue weighted by Gasteiger charge is 2.37. The minimum atomic E-state index is -0.0985. The van der Waals surface area contributed by atoms with Gasteiger partial charge in [-0.15, -0.1) is 10.2 Å². The van der Waals surface area contributed by atoms with Gasteiger partial charge in [-0.05, 0) is 46.5 Å². The molecule has 116 valence electrons. The Morgan fingerprint density at radius 1 is 1.29 bits per heavy atom. The van der Waals surface area contributed by atoms with Gasteiger partial charge in [-0.2, -0.15) is 0 Å². The molecule has 0 aliphatic heterocycles. The smallest absolute Gasteiger partial charge is 0.235 e. The van der Waals surface area contributed by atoms with Gasteiger partial charge in [0.15, 0.2) is 5.16 Å². The molecule has 2 saturated carbocycles. The molecule has 0 radical (unpaired) electrons. The Morgan fingerprint density at radius 3 is 2.48 bits per heavy atom. The summed E-state index contributed by atoms with van der Waals surface area (Å²) in [5, 5.41) is 9.62. The van der Waals surface area contributed by atoms with Crippen LogP contribution in [0, 0.1) is 0 Å². The lowest BCUT2D eigenvalue weighted by Gasteiger charge is -2.22. The van der Waals surface area contributed by atoms with Gasteiger partial charge >= 0.3 is 0 Å². The van der Waals surface area contributed by atoms with Gasteiger partial charge in [0, 0.05) is 25.0 Å². The van der Waals surface area contributed by atoms with Gasteiger partial charge in [0.1, 0.15) is 5.82 Å². The van der Waals surface area contributed by atoms with E-state index in [4.69, 9.17) is 0 Å². The number of hydrogen-bond donors (Lipinski definition) is 0. The zero-order chi connectivity index (χ0) is 15.0. The minimum absolute atomic E-state index is 0.0985. The Hall–Kier alpha value is -1.04. The van der Waals surface area contributed by atoms with Crippen molar-refractivity contribution in [1.29, 1.82) is 0 Å². The standard InChI is InChI=1S/C15H24N4OS/c1-4-18(5-2)14(20)10(3)21-15-17-16-13(11-6-7-11)19(15)12-8-9-12/h10-12H,4-9H2,1-3H3. The number of carbonyl (C=O) groups excluding carboxylic acids is 1. The van der Waals surface area contributed by atoms with E-state index in [0.717, 1.165) is 24.1 Å². The Morgan fingerprint density at radius 2 is 1.95 bits per heavy atom. The van der Waals surface area contributed by atoms with Crippen molar-refractivity contribution < 1.29 is 4.79 Å². The van der Waals surface area contributed by atoms with E-state index in [-0.39, 0.29) is 11.2 Å². The molecule has 1 atom stereocenters. The maximum atomic E-state index is 12.4. The number of thioether (sulfide) groups is 1. The van der Waals surface area contributed by atoms with Crippen molar-refractivity contribution >= 4 is 17.7 Å². The quantitative estimate of drug-likeness (QED) is 0.727. The molecular weight excluding hydrogens is 284 g/mol. The molecule has 2 fully saturated rings. The van der Waals surface area contributed by atoms with Gasteiger partial charge in [0.25, 0.3) is 0 Å². The fourth-order valence-corrected chi connectivity index (χ4v) is 3.68. The van der Waals surface area contributed by atoms with Crippen molar-refractivity contribution in [2.45, 2.75) is 68.8 Å². The SMILES string of the molecule is CCN(CC)C(=O)C(C)Sc1nnc(C2CC2)n1C1CC1. The number of hydrogen-bond acceptors (Lipinski definition) is 4. The second-order valence-corrected chi connectivity index (χ2v) is 7.29. The molecule has 2 aliphatic carbocycles. The van der Waals surface area contributed by atoms with E-state index in [1.165, 1.54) is 25.7 Å². The highest BCUT2D eigenvalue weighted by Crippen LogP contribution is 2.46. The van der Waals surface area contributed by atoms with Gasteiger partial charge in [-0.25, -0.2) is 0 Å². The van der Waals surface area contributed by atoms with Gasteiger partial charge in [-0.3, -0.25) is 4.79 Å². The Kier molecular flexibility index (Phi) is 4.24. The van der Waals surface area contributed by atoms with Crippen LogP contribution in [0.1, 0.15) is 64.2 Å². The van der Waals surface area contributed by atoms with Crippen LogP contribution < -0.4 is 0 Å². The monoisotopic (exact) mass is 308 g/mol. The Bertz CT molecular complexity index is 518. The zero-order valence-electron chi connectivity index (χ0n) is 13.1. The van der Waals surface area contributed by atoms with E-state index < -0.39 is 0 Å². The van der Waals surface area contributed by atoms with Gasteiger partial charge < -0.3 is 9.47 Å². The summed E-state index contributed by atoms with van der Waals surface area (Å²) in [5.74, 6) is 1.96. The summed E-state index contributed by atoms with van der Waals surface area (Å²) in [6, 6.07) is 0.578. The van der Waals surface area contributed by atoms with Crippen LogP contribution in [0.15, 0.2) is 5.16 Å². The summed E-state index contributed by atoms with van der Waals surface area (Å²) in [7, 11) is 0. The average Bonchev–Trinajstić information content (AvgIpc) is 3.39. The predicted octanol–water partition coefficient (Wildman–Crippen LogP) is 2.84. The largest absolute Gasteiger partial charge is 0.342 e. The van der Waals surface area contributed by atoms with Crippen molar-refractivity contribution in [3.8, 4) is 0 Å². The minimum Gasteiger partial charge on any atom is -0.342 e. The molecule has 6 heteroatoms. The maximum absolute atomic E-state index is 12.4. The highest BCUT2D eigenvalue weighted by atomic mass is 32.2. The third kappa shape index (κ3) is 3.10. The molecule has 1 heterocycles. The summed E-state index contributed by atoms with van der Waals surface area (Å²) in [6.07, 6.45) is 4.93. The van der Waals surface area contributed by atoms with Crippen molar-refractivity contribution in [3.63, 3.8) is 0 Å². The van der Waals surface area contributed by atoms with Crippen LogP contribution in [0.5, 0.6) is 0 Å². The summed E-state index contributed by atoms with van der Waals surface area (Å²) in [4.78, 5) is 14.3. The molecule has 5 nitrogen and oxygen atoms in total. The first-order valence-corrected chi connectivity index (χ1v) is 8.93. The molecule has 0 N–H and O–H groups in total. The third-order valence-electron chi connectivity index (χ3n) is 4.25. The molecule has 0 aromatic carbocycles. The predicted molar refractivity (Wildman–Crippen MR) is 83.5 cm³/mol. The number of aromatic nitrogens is 3. The fraction of sp³-hybridized carbons (Fsp3) is 0.800. The van der Waals surface area contributed by atoms with Crippen molar-refractivity contribution in [3.05, 3.63) is 5.82 Å². The van der Waals surface area contributed by atoms with E-state index in [9.17, 15) is 4.79 Å². The van der Waals surface area contributed by atoms with Crippen LogP contribution in [-0.2, 0) is 4.79 Å². The Labute approximate surface area is 130 Å². The molecule has 1 amide bonds. The normalized spacial score (nSPS) is 19.6. The van der Waals surface area contributed by atoms with Crippen LogP contribution in [0.2, 0.25) is 0 Å². The van der Waals surface area contributed by atoms with Crippen LogP contribution in [0.4, 0.5) is 0 Å². The average molecular weight is 308 g/mol. The zero-order valence-corrected chi connectivity index (χ0v) is 13.9. The first kappa shape index (κ1) is 14.9. The topological polar surface area (TPSA) is 51.0 Å². The van der Waals surface area contributed by atoms with Gasteiger partial charge in [-0.1, -0.05) is 11.8 Å². The first-order valence-electron chi connectivity index (χ1n) is 8.05. The number of amides is 1. The summed E-state index contributed by atoms with van der Waals surface area (Å²) >= 11 is 1.57. The van der Waals surface area contributed by atoms with Crippen molar-refractivity contribution in [1.82, 2.24) is 19.7 Å². The first-order chi connectivity index (χ1) is 10.2. The second kappa shape index (κ2) is 5.99. The van der Waals surface area contributed by atoms with Crippen LogP contribution >= 0.6 is 11.8 Å². The maximum Gasteiger partial charge on any atom is 0.235 e. The lowest BCUT2D eigenvalue weighted by Crippen LogP contribution is -2.36. The number of carbonyl (C=O) groups is 1. The van der Waals surface area contributed by atoms with Crippen molar-refractivity contribution in [2.24, 2.45) is 0 Å². The molecule has 0 spiro atoms. The Balaban J connectivity index is 1.73. The van der Waals surface area contributed by atoms with Crippen LogP contribution in [-0.4, -0.2) is 43.9 Å². The van der Waals surface area contributed by atoms with E-state index in [1.54, 1.807) is 11.8 Å². The molecular formula is C15H24N4OS. The molecule has 0 saturated heterocycles. The molecule has 1 aromatic heterocycles. The van der Waals surface area contributed by atoms with Crippen LogP contribution in [0.3, 0.4) is 0 Å². The lowest BCUT2D eigenvalue weighted by atomic mass is 10.4. The van der Waals surface area contributed by atoms with E-state index in [0.29, 0.717) is 12.0 Å². The number of nitrogens with zero attached hydrogens (tertiary/aromatic N) is 4. The van der Waals surface area contributed by atoms with Gasteiger partial charge in [0.05, 0.1) is 5.25 Å². The molecule has 3 rings (SSSR count). The van der Waals surface area contributed by atoms with Crippen molar-refractivity contribution in [2.75, 3.05) is 13.1 Å². The number of rotatable bonds is 7. The molecule has 2 aliphatic rings.